The van der Waals surface area contributed by atoms with Gasteiger partial charge in [-0.1, -0.05) is 17.7 Å². The van der Waals surface area contributed by atoms with Crippen LogP contribution >= 0.6 is 23.4 Å². The van der Waals surface area contributed by atoms with Crippen molar-refractivity contribution in [2.45, 2.75) is 4.90 Å². The molecule has 0 spiro atoms. The summed E-state index contributed by atoms with van der Waals surface area (Å²) < 4.78 is 5.17. The van der Waals surface area contributed by atoms with Crippen LogP contribution in [0.25, 0.3) is 0 Å². The fraction of sp³-hybridized carbons (Fsp3) is 0.176. The monoisotopic (exact) mass is 362 g/mol. The largest absolute Gasteiger partial charge is 0.423 e. The first-order valence-corrected chi connectivity index (χ1v) is 8.84. The van der Waals surface area contributed by atoms with Crippen LogP contribution in [-0.2, 0) is 9.59 Å². The van der Waals surface area contributed by atoms with E-state index in [2.05, 4.69) is 5.32 Å². The fourth-order valence-electron chi connectivity index (χ4n) is 2.44. The number of ether oxygens (including phenoxy) is 1. The van der Waals surface area contributed by atoms with Crippen molar-refractivity contribution >= 4 is 46.6 Å². The van der Waals surface area contributed by atoms with Gasteiger partial charge in [-0.2, -0.15) is 0 Å². The van der Waals surface area contributed by atoms with Crippen molar-refractivity contribution in [2.24, 2.45) is 0 Å². The number of amides is 1. The molecule has 1 N–H and O–H groups in total. The topological polar surface area (TPSA) is 58.6 Å². The van der Waals surface area contributed by atoms with Crippen molar-refractivity contribution < 1.29 is 14.3 Å². The second-order valence-corrected chi connectivity index (χ2v) is 6.54. The molecule has 0 radical (unpaired) electrons. The molecule has 0 unspecified atom stereocenters. The average molecular weight is 363 g/mol. The zero-order valence-electron chi connectivity index (χ0n) is 12.9. The van der Waals surface area contributed by atoms with Gasteiger partial charge in [0.05, 0.1) is 12.2 Å². The highest BCUT2D eigenvalue weighted by molar-refractivity contribution is 7.98. The molecule has 0 bridgehead atoms. The molecule has 0 saturated carbocycles. The van der Waals surface area contributed by atoms with Gasteiger partial charge in [-0.05, 0) is 42.7 Å². The maximum atomic E-state index is 12.3. The number of nitrogens with zero attached hydrogens (tertiary/aromatic N) is 1. The maximum Gasteiger partial charge on any atom is 0.331 e. The molecule has 24 heavy (non-hydrogen) atoms. The van der Waals surface area contributed by atoms with Crippen LogP contribution in [-0.4, -0.2) is 31.2 Å². The van der Waals surface area contributed by atoms with Crippen molar-refractivity contribution in [1.29, 1.82) is 0 Å². The zero-order chi connectivity index (χ0) is 17.1. The molecule has 0 aliphatic carbocycles. The minimum atomic E-state index is -0.401. The summed E-state index contributed by atoms with van der Waals surface area (Å²) in [5.41, 5.74) is 1.35. The normalized spacial score (nSPS) is 13.2. The second kappa shape index (κ2) is 7.15. The molecule has 7 heteroatoms. The third kappa shape index (κ3) is 3.83. The number of anilines is 2. The minimum absolute atomic E-state index is 0.00557. The predicted molar refractivity (Wildman–Crippen MR) is 96.2 cm³/mol. The molecule has 1 heterocycles. The molecular weight excluding hydrogens is 348 g/mol. The summed E-state index contributed by atoms with van der Waals surface area (Å²) in [4.78, 5) is 26.8. The zero-order valence-corrected chi connectivity index (χ0v) is 14.5. The van der Waals surface area contributed by atoms with Gasteiger partial charge >= 0.3 is 5.97 Å². The summed E-state index contributed by atoms with van der Waals surface area (Å²) in [6.07, 6.45) is 1.97. The Morgan fingerprint density at radius 2 is 2.17 bits per heavy atom. The van der Waals surface area contributed by atoms with Crippen LogP contribution in [0.2, 0.25) is 5.02 Å². The molecule has 124 valence electrons. The van der Waals surface area contributed by atoms with E-state index in [4.69, 9.17) is 16.3 Å². The molecule has 1 amide bonds. The van der Waals surface area contributed by atoms with E-state index in [9.17, 15) is 9.59 Å². The van der Waals surface area contributed by atoms with E-state index in [-0.39, 0.29) is 19.0 Å². The number of nitrogens with one attached hydrogen (secondary N) is 1. The van der Waals surface area contributed by atoms with E-state index in [1.807, 2.05) is 30.5 Å². The summed E-state index contributed by atoms with van der Waals surface area (Å²) in [6.45, 7) is 0.0392. The van der Waals surface area contributed by atoms with Crippen molar-refractivity contribution in [3.05, 3.63) is 47.5 Å². The highest BCUT2D eigenvalue weighted by Gasteiger charge is 2.26. The summed E-state index contributed by atoms with van der Waals surface area (Å²) in [5.74, 6) is -0.205. The van der Waals surface area contributed by atoms with Crippen LogP contribution in [0.4, 0.5) is 11.4 Å². The van der Waals surface area contributed by atoms with Gasteiger partial charge in [-0.15, -0.1) is 11.8 Å². The van der Waals surface area contributed by atoms with Crippen LogP contribution < -0.4 is 15.0 Å². The highest BCUT2D eigenvalue weighted by Crippen LogP contribution is 2.34. The third-order valence-electron chi connectivity index (χ3n) is 3.49. The van der Waals surface area contributed by atoms with Crippen molar-refractivity contribution in [2.75, 3.05) is 29.6 Å². The number of halogens is 1. The number of hydrogen-bond donors (Lipinski definition) is 1. The molecule has 0 fully saturated rings. The summed E-state index contributed by atoms with van der Waals surface area (Å²) >= 11 is 7.61. The summed E-state index contributed by atoms with van der Waals surface area (Å²) in [6, 6.07) is 12.5. The van der Waals surface area contributed by atoms with E-state index < -0.39 is 5.97 Å². The smallest absolute Gasteiger partial charge is 0.331 e. The molecule has 0 atom stereocenters. The molecule has 1 aliphatic heterocycles. The van der Waals surface area contributed by atoms with E-state index in [0.29, 0.717) is 16.5 Å². The number of hydrogen-bond acceptors (Lipinski definition) is 5. The van der Waals surface area contributed by atoms with E-state index in [0.717, 1.165) is 10.6 Å². The van der Waals surface area contributed by atoms with Crippen molar-refractivity contribution in [3.63, 3.8) is 0 Å². The number of thioether (sulfide) groups is 1. The highest BCUT2D eigenvalue weighted by atomic mass is 35.5. The Morgan fingerprint density at radius 3 is 2.96 bits per heavy atom. The van der Waals surface area contributed by atoms with Crippen molar-refractivity contribution in [1.82, 2.24) is 0 Å². The molecular formula is C17H15ClN2O3S. The number of fused-ring (bicyclic) bond motifs is 1. The van der Waals surface area contributed by atoms with Gasteiger partial charge in [0, 0.05) is 15.6 Å². The third-order valence-corrected chi connectivity index (χ3v) is 4.45. The average Bonchev–Trinajstić information content (AvgIpc) is 2.55. The van der Waals surface area contributed by atoms with Crippen LogP contribution in [0, 0.1) is 0 Å². The predicted octanol–water partition coefficient (Wildman–Crippen LogP) is 3.43. The standard InChI is InChI=1S/C17H15ClN2O3S/c1-24-13-4-2-3-12(8-13)19-16(21)9-20-10-17(22)23-15-6-5-11(18)7-14(15)20/h2-8H,9-10H2,1H3,(H,19,21). The first-order chi connectivity index (χ1) is 11.5. The Kier molecular flexibility index (Phi) is 4.97. The van der Waals surface area contributed by atoms with Crippen LogP contribution in [0.5, 0.6) is 5.75 Å². The summed E-state index contributed by atoms with van der Waals surface area (Å²) in [5, 5.41) is 3.36. The Balaban J connectivity index is 1.74. The van der Waals surface area contributed by atoms with Gasteiger partial charge in [0.2, 0.25) is 5.91 Å². The van der Waals surface area contributed by atoms with E-state index in [1.165, 1.54) is 0 Å². The van der Waals surface area contributed by atoms with E-state index >= 15 is 0 Å². The van der Waals surface area contributed by atoms with E-state index in [1.54, 1.807) is 34.9 Å². The summed E-state index contributed by atoms with van der Waals surface area (Å²) in [7, 11) is 0. The Morgan fingerprint density at radius 1 is 1.33 bits per heavy atom. The Labute approximate surface area is 148 Å². The van der Waals surface area contributed by atoms with Crippen LogP contribution in [0.1, 0.15) is 0 Å². The Bertz CT molecular complexity index is 797. The lowest BCUT2D eigenvalue weighted by atomic mass is 10.2. The molecule has 1 aliphatic rings. The number of rotatable bonds is 4. The van der Waals surface area contributed by atoms with Gasteiger partial charge in [0.15, 0.2) is 5.75 Å². The molecule has 2 aromatic carbocycles. The van der Waals surface area contributed by atoms with Crippen molar-refractivity contribution in [3.8, 4) is 5.75 Å². The second-order valence-electron chi connectivity index (χ2n) is 5.22. The van der Waals surface area contributed by atoms with Crippen LogP contribution in [0.15, 0.2) is 47.4 Å². The van der Waals surface area contributed by atoms with Crippen LogP contribution in [0.3, 0.4) is 0 Å². The minimum Gasteiger partial charge on any atom is -0.423 e. The molecule has 0 aromatic heterocycles. The van der Waals surface area contributed by atoms with Gasteiger partial charge in [-0.25, -0.2) is 4.79 Å². The van der Waals surface area contributed by atoms with Gasteiger partial charge in [-0.3, -0.25) is 4.79 Å². The SMILES string of the molecule is CSc1cccc(NC(=O)CN2CC(=O)Oc3ccc(Cl)cc32)c1. The van der Waals surface area contributed by atoms with Gasteiger partial charge < -0.3 is 15.0 Å². The maximum absolute atomic E-state index is 12.3. The molecule has 2 aromatic rings. The number of esters is 1. The number of carbonyl (C=O) groups is 2. The fourth-order valence-corrected chi connectivity index (χ4v) is 3.06. The first kappa shape index (κ1) is 16.7. The lowest BCUT2D eigenvalue weighted by Gasteiger charge is -2.29. The molecule has 3 rings (SSSR count). The van der Waals surface area contributed by atoms with Gasteiger partial charge in [0.1, 0.15) is 6.54 Å². The number of carbonyl (C=O) groups excluding carboxylic acids is 2. The Hall–Kier alpha value is -2.18. The van der Waals surface area contributed by atoms with Gasteiger partial charge in [0.25, 0.3) is 0 Å². The lowest BCUT2D eigenvalue weighted by Crippen LogP contribution is -2.41. The lowest BCUT2D eigenvalue weighted by molar-refractivity contribution is -0.133. The quantitative estimate of drug-likeness (QED) is 0.513. The first-order valence-electron chi connectivity index (χ1n) is 7.24. The number of benzene rings is 2. The molecule has 5 nitrogen and oxygen atoms in total. The molecule has 0 saturated heterocycles.